The van der Waals surface area contributed by atoms with E-state index in [0.717, 1.165) is 38.2 Å². The molecule has 1 fully saturated rings. The van der Waals surface area contributed by atoms with Crippen molar-refractivity contribution < 1.29 is 9.90 Å². The van der Waals surface area contributed by atoms with E-state index in [1.807, 2.05) is 12.1 Å². The van der Waals surface area contributed by atoms with Gasteiger partial charge in [-0.15, -0.1) is 0 Å². The first kappa shape index (κ1) is 13.9. The third-order valence-electron chi connectivity index (χ3n) is 4.05. The maximum absolute atomic E-state index is 11.0. The van der Waals surface area contributed by atoms with Crippen molar-refractivity contribution in [3.8, 4) is 0 Å². The summed E-state index contributed by atoms with van der Waals surface area (Å²) in [7, 11) is 2.06. The maximum Gasteiger partial charge on any atom is 0.335 e. The summed E-state index contributed by atoms with van der Waals surface area (Å²) in [5, 5.41) is 9.04. The Labute approximate surface area is 114 Å². The molecule has 4 heteroatoms. The molecule has 0 radical (unpaired) electrons. The maximum atomic E-state index is 11.0. The zero-order chi connectivity index (χ0) is 13.8. The number of nitrogens with zero attached hydrogens (tertiary/aromatic N) is 2. The molecule has 0 bridgehead atoms. The average molecular weight is 262 g/mol. The minimum absolute atomic E-state index is 0.357. The van der Waals surface area contributed by atoms with Crippen LogP contribution in [0.3, 0.4) is 0 Å². The molecule has 0 atom stereocenters. The number of anilines is 1. The van der Waals surface area contributed by atoms with Crippen molar-refractivity contribution in [2.75, 3.05) is 31.6 Å². The number of aromatic carboxylic acids is 1. The van der Waals surface area contributed by atoms with E-state index in [2.05, 4.69) is 23.8 Å². The van der Waals surface area contributed by atoms with Gasteiger partial charge in [-0.25, -0.2) is 4.79 Å². The molecule has 104 valence electrons. The third-order valence-corrected chi connectivity index (χ3v) is 4.05. The normalized spacial score (nSPS) is 17.4. The lowest BCUT2D eigenvalue weighted by Gasteiger charge is -2.37. The van der Waals surface area contributed by atoms with Gasteiger partial charge in [0.25, 0.3) is 0 Å². The monoisotopic (exact) mass is 262 g/mol. The summed E-state index contributed by atoms with van der Waals surface area (Å²) >= 11 is 0. The molecule has 0 saturated carbocycles. The summed E-state index contributed by atoms with van der Waals surface area (Å²) in [6.45, 7) is 5.57. The van der Waals surface area contributed by atoms with Crippen LogP contribution in [0.5, 0.6) is 0 Å². The topological polar surface area (TPSA) is 43.8 Å². The number of hydrogen-bond acceptors (Lipinski definition) is 3. The predicted molar refractivity (Wildman–Crippen MR) is 76.9 cm³/mol. The largest absolute Gasteiger partial charge is 0.478 e. The number of hydrogen-bond donors (Lipinski definition) is 1. The highest BCUT2D eigenvalue weighted by Gasteiger charge is 2.22. The van der Waals surface area contributed by atoms with E-state index < -0.39 is 5.97 Å². The average Bonchev–Trinajstić information content (AvgIpc) is 2.46. The number of carbonyl (C=O) groups is 1. The number of piperidine rings is 1. The first-order valence-electron chi connectivity index (χ1n) is 6.90. The van der Waals surface area contributed by atoms with E-state index >= 15 is 0 Å². The second kappa shape index (κ2) is 6.06. The van der Waals surface area contributed by atoms with E-state index in [9.17, 15) is 4.79 Å². The molecular weight excluding hydrogens is 240 g/mol. The molecule has 0 aromatic heterocycles. The summed E-state index contributed by atoms with van der Waals surface area (Å²) in [5.41, 5.74) is 1.35. The molecule has 0 spiro atoms. The smallest absolute Gasteiger partial charge is 0.335 e. The Balaban J connectivity index is 2.05. The highest BCUT2D eigenvalue weighted by molar-refractivity contribution is 5.88. The first-order chi connectivity index (χ1) is 9.11. The van der Waals surface area contributed by atoms with Crippen LogP contribution in [0, 0.1) is 0 Å². The second-order valence-corrected chi connectivity index (χ2v) is 5.13. The molecule has 0 amide bonds. The molecule has 1 aromatic carbocycles. The van der Waals surface area contributed by atoms with Gasteiger partial charge in [0.2, 0.25) is 0 Å². The van der Waals surface area contributed by atoms with Crippen molar-refractivity contribution in [1.82, 2.24) is 4.90 Å². The Kier molecular flexibility index (Phi) is 4.43. The van der Waals surface area contributed by atoms with Gasteiger partial charge >= 0.3 is 5.97 Å². The van der Waals surface area contributed by atoms with Crippen LogP contribution < -0.4 is 4.90 Å². The molecule has 1 saturated heterocycles. The van der Waals surface area contributed by atoms with Crippen molar-refractivity contribution >= 4 is 11.7 Å². The van der Waals surface area contributed by atoms with Crippen LogP contribution in [0.2, 0.25) is 0 Å². The van der Waals surface area contributed by atoms with Gasteiger partial charge in [0.05, 0.1) is 5.56 Å². The van der Waals surface area contributed by atoms with Gasteiger partial charge in [-0.05, 0) is 37.6 Å². The quantitative estimate of drug-likeness (QED) is 0.904. The SMILES string of the molecule is CCN1CCC(N(C)c2cccc(C(=O)O)c2)CC1. The molecule has 4 nitrogen and oxygen atoms in total. The van der Waals surface area contributed by atoms with E-state index in [4.69, 9.17) is 5.11 Å². The lowest BCUT2D eigenvalue weighted by Crippen LogP contribution is -2.43. The third kappa shape index (κ3) is 3.26. The second-order valence-electron chi connectivity index (χ2n) is 5.13. The Morgan fingerprint density at radius 1 is 1.42 bits per heavy atom. The highest BCUT2D eigenvalue weighted by Crippen LogP contribution is 2.23. The van der Waals surface area contributed by atoms with Crippen molar-refractivity contribution in [3.05, 3.63) is 29.8 Å². The minimum Gasteiger partial charge on any atom is -0.478 e. The molecule has 1 aromatic rings. The van der Waals surface area contributed by atoms with Gasteiger partial charge in [-0.1, -0.05) is 13.0 Å². The molecule has 1 heterocycles. The minimum atomic E-state index is -0.865. The number of benzene rings is 1. The fourth-order valence-corrected chi connectivity index (χ4v) is 2.69. The van der Waals surface area contributed by atoms with Crippen molar-refractivity contribution in [2.24, 2.45) is 0 Å². The molecule has 0 aliphatic carbocycles. The van der Waals surface area contributed by atoms with Crippen molar-refractivity contribution in [2.45, 2.75) is 25.8 Å². The van der Waals surface area contributed by atoms with Crippen LogP contribution in [0.4, 0.5) is 5.69 Å². The zero-order valence-electron chi connectivity index (χ0n) is 11.7. The van der Waals surface area contributed by atoms with Gasteiger partial charge in [0.15, 0.2) is 0 Å². The fraction of sp³-hybridized carbons (Fsp3) is 0.533. The highest BCUT2D eigenvalue weighted by atomic mass is 16.4. The van der Waals surface area contributed by atoms with Gasteiger partial charge in [-0.2, -0.15) is 0 Å². The van der Waals surface area contributed by atoms with Crippen LogP contribution >= 0.6 is 0 Å². The molecule has 1 aliphatic heterocycles. The number of carboxylic acids is 1. The Morgan fingerprint density at radius 2 is 2.11 bits per heavy atom. The van der Waals surface area contributed by atoms with Crippen LogP contribution in [0.1, 0.15) is 30.1 Å². The Morgan fingerprint density at radius 3 is 2.68 bits per heavy atom. The number of carboxylic acid groups (broad SMARTS) is 1. The fourth-order valence-electron chi connectivity index (χ4n) is 2.69. The van der Waals surface area contributed by atoms with Crippen molar-refractivity contribution in [1.29, 1.82) is 0 Å². The molecule has 19 heavy (non-hydrogen) atoms. The lowest BCUT2D eigenvalue weighted by atomic mass is 10.0. The van der Waals surface area contributed by atoms with Gasteiger partial charge in [-0.3, -0.25) is 0 Å². The zero-order valence-corrected chi connectivity index (χ0v) is 11.7. The summed E-state index contributed by atoms with van der Waals surface area (Å²) < 4.78 is 0. The first-order valence-corrected chi connectivity index (χ1v) is 6.90. The summed E-state index contributed by atoms with van der Waals surface area (Å²) in [4.78, 5) is 15.7. The summed E-state index contributed by atoms with van der Waals surface area (Å²) in [6, 6.07) is 7.70. The van der Waals surface area contributed by atoms with Gasteiger partial charge in [0.1, 0.15) is 0 Å². The lowest BCUT2D eigenvalue weighted by molar-refractivity contribution is 0.0697. The molecule has 2 rings (SSSR count). The van der Waals surface area contributed by atoms with Crippen LogP contribution in [-0.4, -0.2) is 48.7 Å². The van der Waals surface area contributed by atoms with Gasteiger partial charge < -0.3 is 14.9 Å². The van der Waals surface area contributed by atoms with Crippen LogP contribution in [-0.2, 0) is 0 Å². The standard InChI is InChI=1S/C15H22N2O2/c1-3-17-9-7-13(8-10-17)16(2)14-6-4-5-12(11-14)15(18)19/h4-6,11,13H,3,7-10H2,1-2H3,(H,18,19). The van der Waals surface area contributed by atoms with E-state index in [1.165, 1.54) is 0 Å². The number of likely N-dealkylation sites (tertiary alicyclic amines) is 1. The van der Waals surface area contributed by atoms with Crippen LogP contribution in [0.15, 0.2) is 24.3 Å². The molecule has 1 aliphatic rings. The van der Waals surface area contributed by atoms with Gasteiger partial charge in [0, 0.05) is 31.9 Å². The van der Waals surface area contributed by atoms with E-state index in [1.54, 1.807) is 12.1 Å². The molecular formula is C15H22N2O2. The number of rotatable bonds is 4. The van der Waals surface area contributed by atoms with Crippen LogP contribution in [0.25, 0.3) is 0 Å². The molecule has 1 N–H and O–H groups in total. The van der Waals surface area contributed by atoms with E-state index in [0.29, 0.717) is 11.6 Å². The Hall–Kier alpha value is -1.55. The summed E-state index contributed by atoms with van der Waals surface area (Å²) in [6.07, 6.45) is 2.28. The predicted octanol–water partition coefficient (Wildman–Crippen LogP) is 2.31. The molecule has 0 unspecified atom stereocenters. The summed E-state index contributed by atoms with van der Waals surface area (Å²) in [5.74, 6) is -0.865. The Bertz CT molecular complexity index is 440. The van der Waals surface area contributed by atoms with E-state index in [-0.39, 0.29) is 0 Å². The van der Waals surface area contributed by atoms with Crippen molar-refractivity contribution in [3.63, 3.8) is 0 Å².